The van der Waals surface area contributed by atoms with Crippen molar-refractivity contribution in [1.29, 1.82) is 0 Å². The predicted molar refractivity (Wildman–Crippen MR) is 138 cm³/mol. The summed E-state index contributed by atoms with van der Waals surface area (Å²) in [5, 5.41) is 14.2. The fourth-order valence-corrected chi connectivity index (χ4v) is 8.36. The van der Waals surface area contributed by atoms with E-state index in [1.807, 2.05) is 23.1 Å². The quantitative estimate of drug-likeness (QED) is 0.666. The molecule has 196 valence electrons. The highest BCUT2D eigenvalue weighted by Crippen LogP contribution is 2.55. The molecular weight excluding hydrogens is 454 g/mol. The number of aromatic nitrogens is 1. The minimum absolute atomic E-state index is 0.0789. The smallest absolute Gasteiger partial charge is 0.270 e. The molecule has 8 nitrogen and oxygen atoms in total. The Labute approximate surface area is 214 Å². The van der Waals surface area contributed by atoms with Crippen molar-refractivity contribution in [3.8, 4) is 0 Å². The minimum atomic E-state index is -0.487. The van der Waals surface area contributed by atoms with Gasteiger partial charge in [-0.15, -0.1) is 0 Å². The normalized spacial score (nSPS) is 36.8. The third-order valence-electron chi connectivity index (χ3n) is 9.89. The van der Waals surface area contributed by atoms with Crippen LogP contribution in [0.4, 0.5) is 5.82 Å². The van der Waals surface area contributed by atoms with E-state index >= 15 is 0 Å². The van der Waals surface area contributed by atoms with E-state index in [2.05, 4.69) is 22.0 Å². The number of carbonyl (C=O) groups is 2. The van der Waals surface area contributed by atoms with Crippen LogP contribution < -0.4 is 10.2 Å². The highest BCUT2D eigenvalue weighted by atomic mass is 16.3. The number of rotatable bonds is 4. The molecule has 2 amide bonds. The molecule has 6 fully saturated rings. The molecule has 3 heterocycles. The molecule has 8 heteroatoms. The standard InChI is InChI=1S/C28H41N5O3/c1-18-17-32(23-6-8-31(9-7-23)19(2)34)10-11-33(18)25-5-3-4-24(29-25)27(35)30-26-21-12-20-13-22(26)16-28(36,14-20)15-21/h3-5,18,20-23,26,36H,6-17H2,1-2H3,(H,30,35)/t18-,20?,21?,22?,26-,28-/m1/s1. The monoisotopic (exact) mass is 495 g/mol. The van der Waals surface area contributed by atoms with Crippen LogP contribution in [0.5, 0.6) is 0 Å². The second kappa shape index (κ2) is 9.28. The van der Waals surface area contributed by atoms with Crippen LogP contribution in [0.25, 0.3) is 0 Å². The summed E-state index contributed by atoms with van der Waals surface area (Å²) in [6.07, 6.45) is 6.96. The van der Waals surface area contributed by atoms with Crippen LogP contribution in [0.15, 0.2) is 18.2 Å². The topological polar surface area (TPSA) is 89.0 Å². The van der Waals surface area contributed by atoms with Crippen molar-refractivity contribution < 1.29 is 14.7 Å². The zero-order valence-corrected chi connectivity index (χ0v) is 21.7. The molecule has 2 unspecified atom stereocenters. The van der Waals surface area contributed by atoms with Gasteiger partial charge in [-0.1, -0.05) is 6.07 Å². The van der Waals surface area contributed by atoms with Crippen LogP contribution in [0.1, 0.15) is 69.3 Å². The lowest BCUT2D eigenvalue weighted by Gasteiger charge is -2.58. The molecule has 4 bridgehead atoms. The molecule has 0 spiro atoms. The molecule has 1 aromatic heterocycles. The summed E-state index contributed by atoms with van der Waals surface area (Å²) >= 11 is 0. The molecule has 36 heavy (non-hydrogen) atoms. The number of amides is 2. The van der Waals surface area contributed by atoms with Gasteiger partial charge in [-0.3, -0.25) is 14.5 Å². The van der Waals surface area contributed by atoms with Crippen molar-refractivity contribution in [1.82, 2.24) is 20.1 Å². The number of anilines is 1. The third kappa shape index (κ3) is 4.51. The van der Waals surface area contributed by atoms with E-state index in [1.54, 1.807) is 6.92 Å². The average molecular weight is 496 g/mol. The second-order valence-electron chi connectivity index (χ2n) is 12.3. The van der Waals surface area contributed by atoms with Gasteiger partial charge in [-0.25, -0.2) is 4.98 Å². The molecule has 1 aromatic rings. The molecule has 3 atom stereocenters. The van der Waals surface area contributed by atoms with Gasteiger partial charge in [-0.2, -0.15) is 0 Å². The van der Waals surface area contributed by atoms with Gasteiger partial charge in [0, 0.05) is 57.8 Å². The fraction of sp³-hybridized carbons (Fsp3) is 0.750. The van der Waals surface area contributed by atoms with Crippen LogP contribution >= 0.6 is 0 Å². The lowest BCUT2D eigenvalue weighted by molar-refractivity contribution is -0.137. The Hall–Kier alpha value is -2.19. The average Bonchev–Trinajstić information content (AvgIpc) is 2.85. The van der Waals surface area contributed by atoms with E-state index < -0.39 is 5.60 Å². The van der Waals surface area contributed by atoms with E-state index in [9.17, 15) is 14.7 Å². The number of piperidine rings is 1. The van der Waals surface area contributed by atoms with Gasteiger partial charge >= 0.3 is 0 Å². The molecular formula is C28H41N5O3. The van der Waals surface area contributed by atoms with Crippen molar-refractivity contribution >= 4 is 17.6 Å². The first-order valence-corrected chi connectivity index (χ1v) is 14.0. The van der Waals surface area contributed by atoms with Gasteiger partial charge in [0.2, 0.25) is 5.91 Å². The van der Waals surface area contributed by atoms with Gasteiger partial charge in [0.1, 0.15) is 11.5 Å². The van der Waals surface area contributed by atoms with Crippen LogP contribution in [0.3, 0.4) is 0 Å². The van der Waals surface area contributed by atoms with Crippen molar-refractivity contribution in [2.24, 2.45) is 17.8 Å². The zero-order chi connectivity index (χ0) is 25.0. The minimum Gasteiger partial charge on any atom is -0.390 e. The Bertz CT molecular complexity index is 993. The molecule has 2 aliphatic heterocycles. The molecule has 0 aromatic carbocycles. The maximum atomic E-state index is 13.3. The number of likely N-dealkylation sites (tertiary alicyclic amines) is 1. The fourth-order valence-electron chi connectivity index (χ4n) is 8.36. The molecule has 2 N–H and O–H groups in total. The van der Waals surface area contributed by atoms with Gasteiger partial charge in [0.05, 0.1) is 5.60 Å². The molecule has 4 aliphatic carbocycles. The molecule has 6 aliphatic rings. The predicted octanol–water partition coefficient (Wildman–Crippen LogP) is 2.27. The van der Waals surface area contributed by atoms with E-state index in [0.29, 0.717) is 35.5 Å². The summed E-state index contributed by atoms with van der Waals surface area (Å²) in [4.78, 5) is 36.6. The number of carbonyl (C=O) groups excluding carboxylic acids is 2. The van der Waals surface area contributed by atoms with Crippen LogP contribution in [0.2, 0.25) is 0 Å². The van der Waals surface area contributed by atoms with Crippen LogP contribution in [-0.4, -0.2) is 88.2 Å². The first kappa shape index (κ1) is 24.2. The second-order valence-corrected chi connectivity index (χ2v) is 12.3. The van der Waals surface area contributed by atoms with Crippen molar-refractivity contribution in [3.05, 3.63) is 23.9 Å². The molecule has 2 saturated heterocycles. The molecule has 0 radical (unpaired) electrons. The van der Waals surface area contributed by atoms with E-state index in [1.165, 1.54) is 0 Å². The van der Waals surface area contributed by atoms with E-state index in [4.69, 9.17) is 4.98 Å². The number of piperazine rings is 1. The lowest BCUT2D eigenvalue weighted by Crippen LogP contribution is -2.61. The first-order valence-electron chi connectivity index (χ1n) is 14.0. The number of pyridine rings is 1. The lowest BCUT2D eigenvalue weighted by atomic mass is 9.52. The maximum absolute atomic E-state index is 13.3. The highest BCUT2D eigenvalue weighted by molar-refractivity contribution is 5.93. The summed E-state index contributed by atoms with van der Waals surface area (Å²) in [7, 11) is 0. The Kier molecular flexibility index (Phi) is 6.23. The highest BCUT2D eigenvalue weighted by Gasteiger charge is 2.55. The Morgan fingerprint density at radius 1 is 1.06 bits per heavy atom. The SMILES string of the molecule is CC(=O)N1CCC(N2CCN(c3cccc(C(=O)N[C@H]4C5CC6CC4C[C@](O)(C6)C5)n3)[C@H](C)C2)CC1. The van der Waals surface area contributed by atoms with Gasteiger partial charge < -0.3 is 20.2 Å². The van der Waals surface area contributed by atoms with Crippen LogP contribution in [0, 0.1) is 17.8 Å². The summed E-state index contributed by atoms with van der Waals surface area (Å²) < 4.78 is 0. The summed E-state index contributed by atoms with van der Waals surface area (Å²) in [6.45, 7) is 8.45. The molecule has 4 saturated carbocycles. The van der Waals surface area contributed by atoms with E-state index in [0.717, 1.165) is 83.5 Å². The Balaban J connectivity index is 1.07. The third-order valence-corrected chi connectivity index (χ3v) is 9.89. The van der Waals surface area contributed by atoms with E-state index in [-0.39, 0.29) is 17.9 Å². The molecule has 7 rings (SSSR count). The number of aliphatic hydroxyl groups is 1. The first-order chi connectivity index (χ1) is 17.3. The number of hydrogen-bond donors (Lipinski definition) is 2. The summed E-state index contributed by atoms with van der Waals surface area (Å²) in [6, 6.07) is 6.80. The Morgan fingerprint density at radius 2 is 1.78 bits per heavy atom. The maximum Gasteiger partial charge on any atom is 0.270 e. The van der Waals surface area contributed by atoms with Crippen molar-refractivity contribution in [2.75, 3.05) is 37.6 Å². The number of nitrogens with one attached hydrogen (secondary N) is 1. The number of hydrogen-bond acceptors (Lipinski definition) is 6. The number of nitrogens with zero attached hydrogens (tertiary/aromatic N) is 4. The van der Waals surface area contributed by atoms with Crippen LogP contribution in [-0.2, 0) is 4.79 Å². The van der Waals surface area contributed by atoms with Gasteiger partial charge in [-0.05, 0) is 81.8 Å². The summed E-state index contributed by atoms with van der Waals surface area (Å²) in [5.74, 6) is 2.39. The largest absolute Gasteiger partial charge is 0.390 e. The zero-order valence-electron chi connectivity index (χ0n) is 21.7. The van der Waals surface area contributed by atoms with Gasteiger partial charge in [0.15, 0.2) is 0 Å². The Morgan fingerprint density at radius 3 is 2.42 bits per heavy atom. The van der Waals surface area contributed by atoms with Crippen molar-refractivity contribution in [2.45, 2.75) is 82.5 Å². The summed E-state index contributed by atoms with van der Waals surface area (Å²) in [5.41, 5.74) is 0.00441. The van der Waals surface area contributed by atoms with Gasteiger partial charge in [0.25, 0.3) is 5.91 Å². The van der Waals surface area contributed by atoms with Crippen molar-refractivity contribution in [3.63, 3.8) is 0 Å².